The first-order chi connectivity index (χ1) is 13.5. The second-order valence-corrected chi connectivity index (χ2v) is 6.45. The van der Waals surface area contributed by atoms with Crippen LogP contribution in [-0.4, -0.2) is 5.91 Å². The Labute approximate surface area is 171 Å². The topological polar surface area (TPSA) is 89.8 Å². The van der Waals surface area contributed by atoms with Gasteiger partial charge >= 0.3 is 0 Å². The number of nitrogens with zero attached hydrogens (tertiary/aromatic N) is 2. The van der Waals surface area contributed by atoms with Crippen molar-refractivity contribution < 1.29 is 9.21 Å². The normalized spacial score (nSPS) is 10.8. The van der Waals surface area contributed by atoms with Gasteiger partial charge in [-0.3, -0.25) is 4.79 Å². The van der Waals surface area contributed by atoms with Gasteiger partial charge in [0.25, 0.3) is 5.91 Å². The molecule has 5 nitrogen and oxygen atoms in total. The maximum absolute atomic E-state index is 12.4. The standard InChI is InChI=1S/C21H11Cl2N3O2/c22-15-5-7-18(23)17(10-15)20-8-6-16(28-20)9-14(12-25)21(27)26-19-4-2-1-3-13(19)11-24/h1-10H,(H,26,27)/b14-9+. The fourth-order valence-corrected chi connectivity index (χ4v) is 2.81. The monoisotopic (exact) mass is 407 g/mol. The van der Waals surface area contributed by atoms with E-state index in [0.717, 1.165) is 0 Å². The number of amides is 1. The lowest BCUT2D eigenvalue weighted by Crippen LogP contribution is -2.14. The van der Waals surface area contributed by atoms with Crippen molar-refractivity contribution in [1.82, 2.24) is 0 Å². The van der Waals surface area contributed by atoms with Gasteiger partial charge in [-0.05, 0) is 42.5 Å². The number of furan rings is 1. The van der Waals surface area contributed by atoms with E-state index < -0.39 is 5.91 Å². The van der Waals surface area contributed by atoms with E-state index in [2.05, 4.69) is 5.32 Å². The molecule has 1 heterocycles. The average Bonchev–Trinajstić information content (AvgIpc) is 3.16. The van der Waals surface area contributed by atoms with Crippen molar-refractivity contribution in [3.05, 3.63) is 81.5 Å². The Morgan fingerprint density at radius 2 is 1.86 bits per heavy atom. The number of nitriles is 2. The minimum absolute atomic E-state index is 0.175. The Balaban J connectivity index is 1.86. The predicted molar refractivity (Wildman–Crippen MR) is 108 cm³/mol. The highest BCUT2D eigenvalue weighted by molar-refractivity contribution is 6.35. The SMILES string of the molecule is N#C/C(=C\c1ccc(-c2cc(Cl)ccc2Cl)o1)C(=O)Nc1ccccc1C#N. The highest BCUT2D eigenvalue weighted by Gasteiger charge is 2.14. The number of benzene rings is 2. The molecule has 3 rings (SSSR count). The maximum Gasteiger partial charge on any atom is 0.266 e. The van der Waals surface area contributed by atoms with Crippen LogP contribution in [0.15, 0.2) is 64.6 Å². The summed E-state index contributed by atoms with van der Waals surface area (Å²) >= 11 is 12.2. The number of hydrogen-bond donors (Lipinski definition) is 1. The van der Waals surface area contributed by atoms with Gasteiger partial charge in [-0.15, -0.1) is 0 Å². The number of hydrogen-bond acceptors (Lipinski definition) is 4. The van der Waals surface area contributed by atoms with Crippen LogP contribution in [0.3, 0.4) is 0 Å². The van der Waals surface area contributed by atoms with Gasteiger partial charge in [-0.2, -0.15) is 10.5 Å². The van der Waals surface area contributed by atoms with Crippen molar-refractivity contribution in [2.75, 3.05) is 5.32 Å². The van der Waals surface area contributed by atoms with Gasteiger partial charge in [0.2, 0.25) is 0 Å². The lowest BCUT2D eigenvalue weighted by molar-refractivity contribution is -0.112. The van der Waals surface area contributed by atoms with E-state index in [4.69, 9.17) is 32.9 Å². The Kier molecular flexibility index (Phi) is 5.81. The highest BCUT2D eigenvalue weighted by atomic mass is 35.5. The van der Waals surface area contributed by atoms with Crippen molar-refractivity contribution in [3.63, 3.8) is 0 Å². The van der Waals surface area contributed by atoms with E-state index in [1.165, 1.54) is 6.08 Å². The number of carbonyl (C=O) groups excluding carboxylic acids is 1. The third-order valence-corrected chi connectivity index (χ3v) is 4.33. The van der Waals surface area contributed by atoms with E-state index in [1.54, 1.807) is 54.6 Å². The first-order valence-electron chi connectivity index (χ1n) is 7.99. The van der Waals surface area contributed by atoms with Gasteiger partial charge in [0.05, 0.1) is 16.3 Å². The van der Waals surface area contributed by atoms with Crippen molar-refractivity contribution in [3.8, 4) is 23.5 Å². The molecule has 0 aliphatic rings. The molecule has 1 N–H and O–H groups in total. The van der Waals surface area contributed by atoms with Crippen molar-refractivity contribution in [2.45, 2.75) is 0 Å². The smallest absolute Gasteiger partial charge is 0.266 e. The fourth-order valence-electron chi connectivity index (χ4n) is 2.43. The fraction of sp³-hybridized carbons (Fsp3) is 0. The van der Waals surface area contributed by atoms with E-state index in [-0.39, 0.29) is 5.57 Å². The van der Waals surface area contributed by atoms with E-state index >= 15 is 0 Å². The Bertz CT molecular complexity index is 1170. The molecule has 136 valence electrons. The first kappa shape index (κ1) is 19.3. The molecule has 0 fully saturated rings. The van der Waals surface area contributed by atoms with Crippen LogP contribution in [-0.2, 0) is 4.79 Å². The molecule has 0 atom stereocenters. The third kappa shape index (κ3) is 4.24. The van der Waals surface area contributed by atoms with Crippen molar-refractivity contribution in [1.29, 1.82) is 10.5 Å². The third-order valence-electron chi connectivity index (χ3n) is 3.77. The molecular weight excluding hydrogens is 397 g/mol. The highest BCUT2D eigenvalue weighted by Crippen LogP contribution is 2.32. The lowest BCUT2D eigenvalue weighted by atomic mass is 10.1. The Hall–Kier alpha value is -3.51. The summed E-state index contributed by atoms with van der Waals surface area (Å²) < 4.78 is 5.68. The van der Waals surface area contributed by atoms with E-state index in [9.17, 15) is 10.1 Å². The lowest BCUT2D eigenvalue weighted by Gasteiger charge is -2.05. The van der Waals surface area contributed by atoms with Gasteiger partial charge in [0.15, 0.2) is 0 Å². The van der Waals surface area contributed by atoms with Crippen LogP contribution in [0.5, 0.6) is 0 Å². The molecule has 0 saturated carbocycles. The zero-order valence-corrected chi connectivity index (χ0v) is 15.8. The number of nitrogens with one attached hydrogen (secondary N) is 1. The Morgan fingerprint density at radius 1 is 1.07 bits per heavy atom. The van der Waals surface area contributed by atoms with Gasteiger partial charge in [0.1, 0.15) is 29.2 Å². The zero-order chi connectivity index (χ0) is 20.1. The van der Waals surface area contributed by atoms with Gasteiger partial charge < -0.3 is 9.73 Å². The van der Waals surface area contributed by atoms with Crippen LogP contribution in [0.1, 0.15) is 11.3 Å². The van der Waals surface area contributed by atoms with Gasteiger partial charge in [-0.25, -0.2) is 0 Å². The molecule has 1 aromatic heterocycles. The van der Waals surface area contributed by atoms with Crippen LogP contribution in [0, 0.1) is 22.7 Å². The second-order valence-electron chi connectivity index (χ2n) is 5.61. The summed E-state index contributed by atoms with van der Waals surface area (Å²) in [6, 6.07) is 18.6. The summed E-state index contributed by atoms with van der Waals surface area (Å²) in [6.07, 6.45) is 1.31. The largest absolute Gasteiger partial charge is 0.457 e. The predicted octanol–water partition coefficient (Wildman–Crippen LogP) is 5.67. The number of para-hydroxylation sites is 1. The summed E-state index contributed by atoms with van der Waals surface area (Å²) in [5, 5.41) is 22.0. The number of carbonyl (C=O) groups is 1. The molecule has 0 unspecified atom stereocenters. The van der Waals surface area contributed by atoms with Crippen LogP contribution < -0.4 is 5.32 Å². The molecule has 0 aliphatic heterocycles. The summed E-state index contributed by atoms with van der Waals surface area (Å²) in [5.74, 6) is 0.0986. The van der Waals surface area contributed by atoms with E-state index in [1.807, 2.05) is 12.1 Å². The summed E-state index contributed by atoms with van der Waals surface area (Å²) in [7, 11) is 0. The number of halogens is 2. The molecule has 0 bridgehead atoms. The first-order valence-corrected chi connectivity index (χ1v) is 8.75. The molecule has 3 aromatic rings. The molecule has 0 radical (unpaired) electrons. The second kappa shape index (κ2) is 8.45. The van der Waals surface area contributed by atoms with E-state index in [0.29, 0.717) is 38.4 Å². The molecule has 28 heavy (non-hydrogen) atoms. The minimum atomic E-state index is -0.649. The van der Waals surface area contributed by atoms with Crippen LogP contribution in [0.2, 0.25) is 10.0 Å². The maximum atomic E-state index is 12.4. The summed E-state index contributed by atoms with van der Waals surface area (Å²) in [5.41, 5.74) is 1.04. The van der Waals surface area contributed by atoms with Crippen LogP contribution in [0.4, 0.5) is 5.69 Å². The van der Waals surface area contributed by atoms with Crippen molar-refractivity contribution >= 4 is 40.9 Å². The summed E-state index contributed by atoms with van der Waals surface area (Å²) in [4.78, 5) is 12.4. The molecule has 0 spiro atoms. The number of rotatable bonds is 4. The molecule has 2 aromatic carbocycles. The minimum Gasteiger partial charge on any atom is -0.457 e. The number of anilines is 1. The van der Waals surface area contributed by atoms with Crippen molar-refractivity contribution in [2.24, 2.45) is 0 Å². The average molecular weight is 408 g/mol. The quantitative estimate of drug-likeness (QED) is 0.445. The van der Waals surface area contributed by atoms with Gasteiger partial charge in [0, 0.05) is 16.7 Å². The molecule has 7 heteroatoms. The molecule has 0 saturated heterocycles. The van der Waals surface area contributed by atoms with Gasteiger partial charge in [-0.1, -0.05) is 35.3 Å². The summed E-state index contributed by atoms with van der Waals surface area (Å²) in [6.45, 7) is 0. The molecular formula is C21H11Cl2N3O2. The van der Waals surface area contributed by atoms with Crippen LogP contribution >= 0.6 is 23.2 Å². The zero-order valence-electron chi connectivity index (χ0n) is 14.2. The molecule has 0 aliphatic carbocycles. The Morgan fingerprint density at radius 3 is 2.61 bits per heavy atom. The van der Waals surface area contributed by atoms with Crippen LogP contribution in [0.25, 0.3) is 17.4 Å². The molecule has 1 amide bonds.